The van der Waals surface area contributed by atoms with Crippen LogP contribution in [-0.2, 0) is 4.74 Å². The molecule has 3 N–H and O–H groups in total. The maximum absolute atomic E-state index is 11.7. The second-order valence-corrected chi connectivity index (χ2v) is 5.00. The Labute approximate surface area is 119 Å². The van der Waals surface area contributed by atoms with Crippen molar-refractivity contribution in [2.75, 3.05) is 25.6 Å². The van der Waals surface area contributed by atoms with Gasteiger partial charge in [0.2, 0.25) is 0 Å². The molecule has 1 heterocycles. The fourth-order valence-electron chi connectivity index (χ4n) is 2.33. The molecule has 0 aliphatic carbocycles. The van der Waals surface area contributed by atoms with Gasteiger partial charge in [-0.1, -0.05) is 0 Å². The van der Waals surface area contributed by atoms with Crippen LogP contribution in [0.25, 0.3) is 0 Å². The lowest BCUT2D eigenvalue weighted by atomic mass is 10.0. The van der Waals surface area contributed by atoms with Gasteiger partial charge in [0.05, 0.1) is 0 Å². The first-order valence-corrected chi connectivity index (χ1v) is 6.87. The number of amides is 1. The van der Waals surface area contributed by atoms with Gasteiger partial charge >= 0.3 is 0 Å². The first kappa shape index (κ1) is 14.5. The zero-order valence-corrected chi connectivity index (χ0v) is 12.0. The van der Waals surface area contributed by atoms with Gasteiger partial charge in [0, 0.05) is 48.8 Å². The van der Waals surface area contributed by atoms with Crippen LogP contribution in [0.1, 0.15) is 35.7 Å². The van der Waals surface area contributed by atoms with Crippen LogP contribution in [0.3, 0.4) is 0 Å². The average Bonchev–Trinajstić information content (AvgIpc) is 2.47. The zero-order valence-electron chi connectivity index (χ0n) is 12.0. The Morgan fingerprint density at radius 3 is 2.65 bits per heavy atom. The van der Waals surface area contributed by atoms with Gasteiger partial charge in [0.25, 0.3) is 5.91 Å². The molecule has 1 aliphatic rings. The molecule has 1 fully saturated rings. The minimum Gasteiger partial charge on any atom is -0.382 e. The Balaban J connectivity index is 2.23. The van der Waals surface area contributed by atoms with Gasteiger partial charge < -0.3 is 20.8 Å². The number of benzene rings is 1. The molecule has 1 aliphatic heterocycles. The Morgan fingerprint density at radius 2 is 2.05 bits per heavy atom. The topological polar surface area (TPSA) is 74.2 Å². The van der Waals surface area contributed by atoms with E-state index in [0.29, 0.717) is 17.3 Å². The highest BCUT2D eigenvalue weighted by molar-refractivity contribution is 6.04. The highest BCUT2D eigenvalue weighted by Crippen LogP contribution is 2.22. The monoisotopic (exact) mass is 275 g/mol. The van der Waals surface area contributed by atoms with Crippen molar-refractivity contribution < 1.29 is 9.53 Å². The van der Waals surface area contributed by atoms with Gasteiger partial charge in [-0.2, -0.15) is 0 Å². The third kappa shape index (κ3) is 3.36. The fourth-order valence-corrected chi connectivity index (χ4v) is 2.33. The summed E-state index contributed by atoms with van der Waals surface area (Å²) in [5, 5.41) is 14.0. The molecular weight excluding hydrogens is 254 g/mol. The lowest BCUT2D eigenvalue weighted by Crippen LogP contribution is -2.28. The summed E-state index contributed by atoms with van der Waals surface area (Å²) in [7, 11) is 1.60. The lowest BCUT2D eigenvalue weighted by molar-refractivity contribution is 0.0904. The van der Waals surface area contributed by atoms with Crippen molar-refractivity contribution >= 4 is 17.3 Å². The highest BCUT2D eigenvalue weighted by Gasteiger charge is 2.16. The quantitative estimate of drug-likeness (QED) is 0.736. The van der Waals surface area contributed by atoms with E-state index < -0.39 is 0 Å². The van der Waals surface area contributed by atoms with Crippen LogP contribution in [0.5, 0.6) is 0 Å². The minimum absolute atomic E-state index is 0.134. The Hall–Kier alpha value is -1.88. The summed E-state index contributed by atoms with van der Waals surface area (Å²) < 4.78 is 5.35. The van der Waals surface area contributed by atoms with Crippen molar-refractivity contribution in [3.63, 3.8) is 0 Å². The molecule has 2 rings (SSSR count). The van der Waals surface area contributed by atoms with Crippen LogP contribution < -0.4 is 10.6 Å². The molecule has 0 aromatic heterocycles. The summed E-state index contributed by atoms with van der Waals surface area (Å²) in [6.45, 7) is 3.28. The smallest absolute Gasteiger partial charge is 0.251 e. The maximum Gasteiger partial charge on any atom is 0.251 e. The van der Waals surface area contributed by atoms with Crippen molar-refractivity contribution in [2.24, 2.45) is 0 Å². The summed E-state index contributed by atoms with van der Waals surface area (Å²) in [4.78, 5) is 11.7. The molecule has 1 saturated heterocycles. The molecule has 0 unspecified atom stereocenters. The summed E-state index contributed by atoms with van der Waals surface area (Å²) in [5.74, 6) is -0.134. The zero-order chi connectivity index (χ0) is 14.5. The first-order chi connectivity index (χ1) is 9.61. The molecule has 0 bridgehead atoms. The molecule has 0 atom stereocenters. The minimum atomic E-state index is -0.134. The second-order valence-electron chi connectivity index (χ2n) is 5.00. The molecule has 0 saturated carbocycles. The molecule has 108 valence electrons. The van der Waals surface area contributed by atoms with Crippen LogP contribution in [0.4, 0.5) is 5.69 Å². The van der Waals surface area contributed by atoms with Gasteiger partial charge in [0.15, 0.2) is 0 Å². The second kappa shape index (κ2) is 6.52. The van der Waals surface area contributed by atoms with Crippen molar-refractivity contribution in [2.45, 2.75) is 25.8 Å². The van der Waals surface area contributed by atoms with Gasteiger partial charge in [-0.15, -0.1) is 0 Å². The fraction of sp³-hybridized carbons (Fsp3) is 0.467. The molecule has 1 aromatic carbocycles. The van der Waals surface area contributed by atoms with E-state index in [4.69, 9.17) is 10.1 Å². The van der Waals surface area contributed by atoms with Crippen LogP contribution in [-0.4, -0.2) is 37.9 Å². The number of anilines is 1. The SMILES string of the molecule is CNC(=O)c1ccc(NC2CCOCC2)c(C(C)=N)c1. The van der Waals surface area contributed by atoms with Gasteiger partial charge in [0.1, 0.15) is 0 Å². The maximum atomic E-state index is 11.7. The van der Waals surface area contributed by atoms with E-state index in [1.54, 1.807) is 26.1 Å². The van der Waals surface area contributed by atoms with Crippen molar-refractivity contribution in [1.82, 2.24) is 5.32 Å². The van der Waals surface area contributed by atoms with E-state index in [1.165, 1.54) is 0 Å². The van der Waals surface area contributed by atoms with Crippen molar-refractivity contribution in [3.05, 3.63) is 29.3 Å². The van der Waals surface area contributed by atoms with Crippen LogP contribution in [0.15, 0.2) is 18.2 Å². The van der Waals surface area contributed by atoms with E-state index in [9.17, 15) is 4.79 Å². The molecule has 0 spiro atoms. The predicted molar refractivity (Wildman–Crippen MR) is 79.8 cm³/mol. The Kier molecular flexibility index (Phi) is 4.74. The lowest BCUT2D eigenvalue weighted by Gasteiger charge is -2.25. The van der Waals surface area contributed by atoms with E-state index in [2.05, 4.69) is 10.6 Å². The number of hydrogen-bond donors (Lipinski definition) is 3. The molecule has 5 heteroatoms. The Morgan fingerprint density at radius 1 is 1.35 bits per heavy atom. The number of ether oxygens (including phenoxy) is 1. The van der Waals surface area contributed by atoms with Crippen LogP contribution in [0, 0.1) is 5.41 Å². The average molecular weight is 275 g/mol. The van der Waals surface area contributed by atoms with Crippen molar-refractivity contribution in [1.29, 1.82) is 5.41 Å². The number of nitrogens with one attached hydrogen (secondary N) is 3. The first-order valence-electron chi connectivity index (χ1n) is 6.87. The van der Waals surface area contributed by atoms with Crippen LogP contribution in [0.2, 0.25) is 0 Å². The van der Waals surface area contributed by atoms with Gasteiger partial charge in [-0.25, -0.2) is 0 Å². The van der Waals surface area contributed by atoms with E-state index in [0.717, 1.165) is 37.3 Å². The summed E-state index contributed by atoms with van der Waals surface area (Å²) in [6, 6.07) is 5.80. The summed E-state index contributed by atoms with van der Waals surface area (Å²) in [5.41, 5.74) is 2.71. The molecule has 5 nitrogen and oxygen atoms in total. The number of rotatable bonds is 4. The van der Waals surface area contributed by atoms with Crippen molar-refractivity contribution in [3.8, 4) is 0 Å². The number of carbonyl (C=O) groups is 1. The Bertz CT molecular complexity index is 508. The highest BCUT2D eigenvalue weighted by atomic mass is 16.5. The molecule has 1 amide bonds. The molecular formula is C15H21N3O2. The van der Waals surface area contributed by atoms with E-state index in [1.807, 2.05) is 6.07 Å². The third-order valence-electron chi connectivity index (χ3n) is 3.49. The third-order valence-corrected chi connectivity index (χ3v) is 3.49. The van der Waals surface area contributed by atoms with Crippen LogP contribution >= 0.6 is 0 Å². The van der Waals surface area contributed by atoms with Gasteiger partial charge in [-0.3, -0.25) is 4.79 Å². The molecule has 1 aromatic rings. The number of carbonyl (C=O) groups excluding carboxylic acids is 1. The predicted octanol–water partition coefficient (Wildman–Crippen LogP) is 2.02. The summed E-state index contributed by atoms with van der Waals surface area (Å²) in [6.07, 6.45) is 1.93. The number of hydrogen-bond acceptors (Lipinski definition) is 4. The molecule has 20 heavy (non-hydrogen) atoms. The largest absolute Gasteiger partial charge is 0.382 e. The normalized spacial score (nSPS) is 15.7. The standard InChI is InChI=1S/C15H21N3O2/c1-10(16)13-9-11(15(19)17-2)3-4-14(13)18-12-5-7-20-8-6-12/h3-4,9,12,16,18H,5-8H2,1-2H3,(H,17,19). The van der Waals surface area contributed by atoms with E-state index in [-0.39, 0.29) is 5.91 Å². The van der Waals surface area contributed by atoms with E-state index >= 15 is 0 Å². The summed E-state index contributed by atoms with van der Waals surface area (Å²) >= 11 is 0. The molecule has 0 radical (unpaired) electrons. The van der Waals surface area contributed by atoms with Gasteiger partial charge in [-0.05, 0) is 38.0 Å².